The van der Waals surface area contributed by atoms with Crippen LogP contribution in [0.1, 0.15) is 113 Å². The lowest BCUT2D eigenvalue weighted by Gasteiger charge is -2.39. The second-order valence-corrected chi connectivity index (χ2v) is 16.5. The Kier molecular flexibility index (Phi) is 9.65. The van der Waals surface area contributed by atoms with Gasteiger partial charge in [-0.15, -0.1) is 11.8 Å². The summed E-state index contributed by atoms with van der Waals surface area (Å²) in [4.78, 5) is 87.4. The summed E-state index contributed by atoms with van der Waals surface area (Å²) in [6, 6.07) is 16.5. The summed E-state index contributed by atoms with van der Waals surface area (Å²) in [5, 5.41) is 3.20. The van der Waals surface area contributed by atoms with Gasteiger partial charge in [0.1, 0.15) is 6.04 Å². The van der Waals surface area contributed by atoms with Crippen LogP contribution in [0.25, 0.3) is 10.9 Å². The quantitative estimate of drug-likeness (QED) is 0.114. The van der Waals surface area contributed by atoms with Crippen molar-refractivity contribution in [2.24, 2.45) is 0 Å². The number of hydrogen-bond donors (Lipinski definition) is 2. The lowest BCUT2D eigenvalue weighted by molar-refractivity contribution is -0.136. The summed E-state index contributed by atoms with van der Waals surface area (Å²) < 4.78 is 0. The number of aryl methyl sites for hydroxylation is 1. The standard InChI is InChI=1S/C43H45N5O6S/c1-4-25-23-28-29(43(2,3)39-37(38(28)51)26-11-7-8-13-30(26)44-39)24-32(25)46-18-20-47(21-19-46)35(50)15-6-5-9-22-55-33-14-10-12-27-36(33)42(54)48(41(27)53)31-16-17-34(49)45-40(31)52/h7-8,10-14,23-24,31,44H,4-6,9,15-22H2,1-3H3,(H,45,49,52). The van der Waals surface area contributed by atoms with Crippen LogP contribution in [0.3, 0.4) is 0 Å². The second-order valence-electron chi connectivity index (χ2n) is 15.4. The van der Waals surface area contributed by atoms with Crippen LogP contribution in [-0.4, -0.2) is 88.1 Å². The molecule has 0 bridgehead atoms. The number of imide groups is 2. The average molecular weight is 760 g/mol. The summed E-state index contributed by atoms with van der Waals surface area (Å²) in [5.41, 5.74) is 7.04. The zero-order valence-corrected chi connectivity index (χ0v) is 32.3. The molecule has 1 aliphatic carbocycles. The highest BCUT2D eigenvalue weighted by molar-refractivity contribution is 7.99. The van der Waals surface area contributed by atoms with Crippen LogP contribution in [0, 0.1) is 0 Å². The van der Waals surface area contributed by atoms with Crippen molar-refractivity contribution in [2.75, 3.05) is 36.8 Å². The first-order valence-corrected chi connectivity index (χ1v) is 20.3. The maximum Gasteiger partial charge on any atom is 0.263 e. The highest BCUT2D eigenvalue weighted by atomic mass is 32.2. The highest BCUT2D eigenvalue weighted by Gasteiger charge is 2.46. The van der Waals surface area contributed by atoms with Gasteiger partial charge in [-0.05, 0) is 72.9 Å². The predicted molar refractivity (Wildman–Crippen MR) is 211 cm³/mol. The number of hydrogen-bond acceptors (Lipinski definition) is 8. The molecule has 2 N–H and O–H groups in total. The van der Waals surface area contributed by atoms with Crippen LogP contribution in [-0.2, 0) is 26.2 Å². The fraction of sp³-hybridized carbons (Fsp3) is 0.395. The molecule has 1 unspecified atom stereocenters. The molecule has 0 saturated carbocycles. The van der Waals surface area contributed by atoms with E-state index in [0.29, 0.717) is 35.7 Å². The Morgan fingerprint density at radius 1 is 0.873 bits per heavy atom. The van der Waals surface area contributed by atoms with Crippen LogP contribution in [0.15, 0.2) is 59.5 Å². The number of nitrogens with one attached hydrogen (secondary N) is 2. The number of piperazine rings is 1. The molecule has 12 heteroatoms. The number of amides is 5. The predicted octanol–water partition coefficient (Wildman–Crippen LogP) is 6.00. The zero-order chi connectivity index (χ0) is 38.6. The van der Waals surface area contributed by atoms with Gasteiger partial charge in [0.05, 0.1) is 16.7 Å². The monoisotopic (exact) mass is 759 g/mol. The number of H-pyrrole nitrogens is 1. The smallest absolute Gasteiger partial charge is 0.263 e. The molecule has 2 saturated heterocycles. The molecule has 2 fully saturated rings. The third kappa shape index (κ3) is 6.33. The number of piperidine rings is 1. The number of aromatic amines is 1. The Hall–Kier alpha value is -5.23. The average Bonchev–Trinajstić information content (AvgIpc) is 3.71. The van der Waals surface area contributed by atoms with E-state index in [1.807, 2.05) is 35.2 Å². The van der Waals surface area contributed by atoms with Crippen molar-refractivity contribution in [3.05, 3.63) is 93.7 Å². The Balaban J connectivity index is 0.836. The number of unbranched alkanes of at least 4 members (excludes halogenated alkanes) is 2. The molecule has 4 aliphatic rings. The number of nitrogens with zero attached hydrogens (tertiary/aromatic N) is 3. The van der Waals surface area contributed by atoms with Crippen LogP contribution >= 0.6 is 11.8 Å². The van der Waals surface area contributed by atoms with E-state index in [1.165, 1.54) is 11.8 Å². The Bertz CT molecular complexity index is 2290. The second kappa shape index (κ2) is 14.4. The fourth-order valence-corrected chi connectivity index (χ4v) is 9.81. The molecule has 55 heavy (non-hydrogen) atoms. The molecular weight excluding hydrogens is 715 g/mol. The summed E-state index contributed by atoms with van der Waals surface area (Å²) >= 11 is 1.50. The van der Waals surface area contributed by atoms with Gasteiger partial charge in [-0.1, -0.05) is 51.5 Å². The van der Waals surface area contributed by atoms with E-state index in [1.54, 1.807) is 12.1 Å². The first kappa shape index (κ1) is 36.7. The van der Waals surface area contributed by atoms with Gasteiger partial charge in [-0.25, -0.2) is 0 Å². The minimum Gasteiger partial charge on any atom is -0.368 e. The summed E-state index contributed by atoms with van der Waals surface area (Å²) in [7, 11) is 0. The first-order chi connectivity index (χ1) is 26.5. The maximum absolute atomic E-state index is 14.0. The topological polar surface area (TPSA) is 140 Å². The van der Waals surface area contributed by atoms with Gasteiger partial charge in [0.25, 0.3) is 11.8 Å². The zero-order valence-electron chi connectivity index (χ0n) is 31.5. The van der Waals surface area contributed by atoms with Gasteiger partial charge in [0.2, 0.25) is 17.7 Å². The van der Waals surface area contributed by atoms with Crippen molar-refractivity contribution in [3.8, 4) is 0 Å². The lowest BCUT2D eigenvalue weighted by Crippen LogP contribution is -2.54. The highest BCUT2D eigenvalue weighted by Crippen LogP contribution is 2.46. The molecule has 1 atom stereocenters. The number of anilines is 1. The number of carbonyl (C=O) groups excluding carboxylic acids is 6. The first-order valence-electron chi connectivity index (χ1n) is 19.3. The molecule has 284 valence electrons. The Morgan fingerprint density at radius 3 is 2.42 bits per heavy atom. The number of aromatic nitrogens is 1. The van der Waals surface area contributed by atoms with Crippen molar-refractivity contribution >= 4 is 63.7 Å². The van der Waals surface area contributed by atoms with Gasteiger partial charge < -0.3 is 14.8 Å². The van der Waals surface area contributed by atoms with Crippen LogP contribution in [0.5, 0.6) is 0 Å². The third-order valence-electron chi connectivity index (χ3n) is 11.8. The SMILES string of the molecule is CCc1cc2c(cc1N1CCN(C(=O)CCCCCSc3cccc4c3C(=O)N(C3CCC(=O)NC3=O)C4=O)CC1)C(C)(C)c1[nH]c3ccccc3c1C2=O. The van der Waals surface area contributed by atoms with Crippen molar-refractivity contribution in [1.29, 1.82) is 0 Å². The van der Waals surface area contributed by atoms with Gasteiger partial charge in [0, 0.05) is 77.2 Å². The Labute approximate surface area is 324 Å². The molecule has 0 radical (unpaired) electrons. The minimum absolute atomic E-state index is 0.0746. The van der Waals surface area contributed by atoms with E-state index < -0.39 is 29.7 Å². The van der Waals surface area contributed by atoms with Crippen molar-refractivity contribution in [1.82, 2.24) is 20.1 Å². The number of para-hydroxylation sites is 1. The summed E-state index contributed by atoms with van der Waals surface area (Å²) in [6.45, 7) is 9.24. The van der Waals surface area contributed by atoms with Crippen LogP contribution < -0.4 is 10.2 Å². The van der Waals surface area contributed by atoms with Crippen molar-refractivity contribution in [3.63, 3.8) is 0 Å². The van der Waals surface area contributed by atoms with E-state index in [2.05, 4.69) is 48.1 Å². The van der Waals surface area contributed by atoms with E-state index in [4.69, 9.17) is 0 Å². The molecule has 1 aromatic heterocycles. The van der Waals surface area contributed by atoms with E-state index in [0.717, 1.165) is 88.2 Å². The molecule has 8 rings (SSSR count). The molecule has 4 aromatic rings. The van der Waals surface area contributed by atoms with E-state index in [-0.39, 0.29) is 35.5 Å². The van der Waals surface area contributed by atoms with Gasteiger partial charge in [0.15, 0.2) is 5.78 Å². The molecule has 0 spiro atoms. The molecule has 3 aromatic carbocycles. The number of rotatable bonds is 10. The lowest BCUT2D eigenvalue weighted by atomic mass is 9.70. The number of benzene rings is 3. The molecular formula is C43H45N5O6S. The van der Waals surface area contributed by atoms with Gasteiger partial charge >= 0.3 is 0 Å². The van der Waals surface area contributed by atoms with Gasteiger partial charge in [-0.3, -0.25) is 39.0 Å². The number of fused-ring (bicyclic) bond motifs is 5. The van der Waals surface area contributed by atoms with Crippen molar-refractivity contribution < 1.29 is 28.8 Å². The molecule has 5 amide bonds. The van der Waals surface area contributed by atoms with Crippen LogP contribution in [0.2, 0.25) is 0 Å². The minimum atomic E-state index is -0.990. The Morgan fingerprint density at radius 2 is 1.65 bits per heavy atom. The fourth-order valence-electron chi connectivity index (χ4n) is 8.73. The van der Waals surface area contributed by atoms with E-state index >= 15 is 0 Å². The van der Waals surface area contributed by atoms with Crippen LogP contribution in [0.4, 0.5) is 5.69 Å². The number of thioether (sulfide) groups is 1. The van der Waals surface area contributed by atoms with Gasteiger partial charge in [-0.2, -0.15) is 0 Å². The molecule has 3 aliphatic heterocycles. The van der Waals surface area contributed by atoms with Crippen molar-refractivity contribution in [2.45, 2.75) is 82.1 Å². The third-order valence-corrected chi connectivity index (χ3v) is 12.9. The summed E-state index contributed by atoms with van der Waals surface area (Å²) in [6.07, 6.45) is 3.93. The van der Waals surface area contributed by atoms with E-state index in [9.17, 15) is 28.8 Å². The normalized spacial score (nSPS) is 19.1. The molecule has 4 heterocycles. The number of carbonyl (C=O) groups is 6. The largest absolute Gasteiger partial charge is 0.368 e. The number of ketones is 1. The summed E-state index contributed by atoms with van der Waals surface area (Å²) in [5.74, 6) is -1.08. The molecule has 11 nitrogen and oxygen atoms in total. The maximum atomic E-state index is 14.0.